The summed E-state index contributed by atoms with van der Waals surface area (Å²) in [4.78, 5) is 0. The molecular formula is C40H44F4N4+2. The van der Waals surface area contributed by atoms with Gasteiger partial charge in [-0.25, -0.2) is 4.39 Å². The molecule has 0 fully saturated rings. The maximum Gasteiger partial charge on any atom is 0.435 e. The van der Waals surface area contributed by atoms with E-state index in [2.05, 4.69) is 62.6 Å². The van der Waals surface area contributed by atoms with Gasteiger partial charge in [-0.15, -0.1) is 0 Å². The summed E-state index contributed by atoms with van der Waals surface area (Å²) in [5.41, 5.74) is 7.12. The first-order valence-corrected chi connectivity index (χ1v) is 17.3. The van der Waals surface area contributed by atoms with Gasteiger partial charge >= 0.3 is 6.18 Å². The number of halogens is 4. The van der Waals surface area contributed by atoms with Crippen molar-refractivity contribution in [2.24, 2.45) is 7.05 Å². The minimum atomic E-state index is -4.54. The highest BCUT2D eigenvalue weighted by atomic mass is 19.4. The standard InChI is InChI=1S/C40H44F4N4/c1-7-10-13-25-15-17-29-34-26(25)19-23-48-37(34)35-27(16-18-30(41)36(35)38(29,4)5)28(39(48,8-2)9-3)20-22-47-21-12-11-14-31(47)32-24-33(40(42,43)44)45-46(32)6/h11-12,14,16,18-21,23-24H,7-10,13,15,17,22H2,1-6H3/q+2. The monoisotopic (exact) mass is 656 g/mol. The van der Waals surface area contributed by atoms with Gasteiger partial charge in [0.25, 0.3) is 0 Å². The lowest BCUT2D eigenvalue weighted by Gasteiger charge is -2.42. The fraction of sp³-hybridized carbons (Fsp3) is 0.425. The van der Waals surface area contributed by atoms with Gasteiger partial charge in [0, 0.05) is 60.7 Å². The van der Waals surface area contributed by atoms with Crippen LogP contribution in [0, 0.1) is 5.82 Å². The predicted octanol–water partition coefficient (Wildman–Crippen LogP) is 7.68. The molecule has 0 atom stereocenters. The van der Waals surface area contributed by atoms with Gasteiger partial charge in [-0.2, -0.15) is 27.4 Å². The van der Waals surface area contributed by atoms with Gasteiger partial charge in [0.1, 0.15) is 11.5 Å². The summed E-state index contributed by atoms with van der Waals surface area (Å²) in [6.07, 6.45) is 8.80. The van der Waals surface area contributed by atoms with Gasteiger partial charge in [0.05, 0.1) is 10.8 Å². The summed E-state index contributed by atoms with van der Waals surface area (Å²) in [7, 11) is 1.54. The second-order valence-electron chi connectivity index (χ2n) is 14.1. The van der Waals surface area contributed by atoms with E-state index in [0.29, 0.717) is 17.9 Å². The zero-order chi connectivity index (χ0) is 34.2. The third kappa shape index (κ3) is 4.65. The number of aryl methyl sites for hydroxylation is 1. The Kier molecular flexibility index (Phi) is 7.80. The summed E-state index contributed by atoms with van der Waals surface area (Å²) < 4.78 is 62.7. The van der Waals surface area contributed by atoms with E-state index in [1.165, 1.54) is 33.3 Å². The molecular weight excluding hydrogens is 612 g/mol. The molecule has 0 bridgehead atoms. The van der Waals surface area contributed by atoms with Crippen molar-refractivity contribution in [1.82, 2.24) is 9.78 Å². The maximum absolute atomic E-state index is 16.2. The Bertz CT molecular complexity index is 2110. The number of hydrogen-bond acceptors (Lipinski definition) is 1. The first-order chi connectivity index (χ1) is 22.9. The molecule has 0 radical (unpaired) electrons. The van der Waals surface area contributed by atoms with Gasteiger partial charge in [0.2, 0.25) is 11.4 Å². The molecule has 8 heteroatoms. The number of pyridine rings is 2. The molecule has 2 aliphatic carbocycles. The van der Waals surface area contributed by atoms with E-state index in [1.54, 1.807) is 6.07 Å². The van der Waals surface area contributed by atoms with Crippen molar-refractivity contribution in [2.45, 2.75) is 103 Å². The zero-order valence-electron chi connectivity index (χ0n) is 28.7. The molecule has 250 valence electrons. The summed E-state index contributed by atoms with van der Waals surface area (Å²) in [5, 5.41) is 6.40. The van der Waals surface area contributed by atoms with Crippen LogP contribution in [-0.4, -0.2) is 9.78 Å². The zero-order valence-corrected chi connectivity index (χ0v) is 28.7. The van der Waals surface area contributed by atoms with Crippen LogP contribution in [0.5, 0.6) is 0 Å². The highest BCUT2D eigenvalue weighted by molar-refractivity contribution is 5.91. The van der Waals surface area contributed by atoms with Crippen LogP contribution >= 0.6 is 0 Å². The third-order valence-corrected chi connectivity index (χ3v) is 11.4. The van der Waals surface area contributed by atoms with E-state index in [9.17, 15) is 13.2 Å². The molecule has 0 amide bonds. The minimum absolute atomic E-state index is 0.175. The smallest absolute Gasteiger partial charge is 0.261 e. The molecule has 0 unspecified atom stereocenters. The normalized spacial score (nSPS) is 18.0. The molecule has 0 saturated heterocycles. The Labute approximate surface area is 279 Å². The van der Waals surface area contributed by atoms with Crippen LogP contribution in [0.25, 0.3) is 39.4 Å². The van der Waals surface area contributed by atoms with Crippen LogP contribution in [-0.2, 0) is 30.7 Å². The SMILES string of the molecule is CCCCC1=c2cc[n+]3c4c2=C(CC1)C(C)(C)c1c(F)ccc(c1-4)C(=CC[n+]1ccccc1-c1cc(C(F)(F)F)nn1C)C3(CC)CC. The Morgan fingerprint density at radius 1 is 1.00 bits per heavy atom. The van der Waals surface area contributed by atoms with E-state index in [-0.39, 0.29) is 5.82 Å². The number of hydrogen-bond donors (Lipinski definition) is 0. The number of unbranched alkanes of at least 4 members (excludes halogenated alkanes) is 1. The van der Waals surface area contributed by atoms with Crippen molar-refractivity contribution in [3.05, 3.63) is 94.0 Å². The average Bonchev–Trinajstić information content (AvgIpc) is 3.47. The maximum atomic E-state index is 16.2. The lowest BCUT2D eigenvalue weighted by atomic mass is 9.63. The molecule has 4 nitrogen and oxygen atoms in total. The number of nitrogens with zero attached hydrogens (tertiary/aromatic N) is 4. The van der Waals surface area contributed by atoms with E-state index in [0.717, 1.165) is 79.0 Å². The molecule has 1 aromatic carbocycles. The van der Waals surface area contributed by atoms with E-state index in [1.807, 2.05) is 35.0 Å². The molecule has 3 aromatic heterocycles. The quantitative estimate of drug-likeness (QED) is 0.141. The second kappa shape index (κ2) is 11.5. The number of benzene rings is 1. The molecule has 48 heavy (non-hydrogen) atoms. The van der Waals surface area contributed by atoms with Gasteiger partial charge in [-0.3, -0.25) is 4.68 Å². The van der Waals surface area contributed by atoms with Gasteiger partial charge in [0.15, 0.2) is 30.2 Å². The van der Waals surface area contributed by atoms with Crippen molar-refractivity contribution in [1.29, 1.82) is 0 Å². The van der Waals surface area contributed by atoms with Crippen LogP contribution in [0.4, 0.5) is 17.6 Å². The van der Waals surface area contributed by atoms with E-state index < -0.39 is 22.8 Å². The Morgan fingerprint density at radius 3 is 2.46 bits per heavy atom. The van der Waals surface area contributed by atoms with Crippen LogP contribution in [0.15, 0.2) is 60.9 Å². The Morgan fingerprint density at radius 2 is 1.77 bits per heavy atom. The first kappa shape index (κ1) is 32.5. The van der Waals surface area contributed by atoms with Gasteiger partial charge in [-0.05, 0) is 60.2 Å². The average molecular weight is 657 g/mol. The van der Waals surface area contributed by atoms with Gasteiger partial charge in [-0.1, -0.05) is 52.7 Å². The molecule has 4 heterocycles. The molecule has 0 spiro atoms. The number of allylic oxidation sites excluding steroid dienone is 2. The molecule has 0 N–H and O–H groups in total. The molecule has 4 aromatic rings. The lowest BCUT2D eigenvalue weighted by Crippen LogP contribution is -2.65. The Balaban J connectivity index is 1.48. The van der Waals surface area contributed by atoms with Crippen molar-refractivity contribution in [3.8, 4) is 22.6 Å². The summed E-state index contributed by atoms with van der Waals surface area (Å²) in [5.74, 6) is -0.175. The van der Waals surface area contributed by atoms with Gasteiger partial charge < -0.3 is 0 Å². The third-order valence-electron chi connectivity index (χ3n) is 11.4. The fourth-order valence-corrected chi connectivity index (χ4v) is 8.93. The Hall–Kier alpha value is -4.07. The number of aromatic nitrogens is 4. The second-order valence-corrected chi connectivity index (χ2v) is 14.1. The fourth-order valence-electron chi connectivity index (χ4n) is 8.93. The predicted molar refractivity (Wildman–Crippen MR) is 180 cm³/mol. The first-order valence-electron chi connectivity index (χ1n) is 17.3. The van der Waals surface area contributed by atoms with Crippen LogP contribution in [0.1, 0.15) is 96.4 Å². The molecule has 7 rings (SSSR count). The molecule has 1 aliphatic heterocycles. The highest BCUT2D eigenvalue weighted by Crippen LogP contribution is 2.52. The van der Waals surface area contributed by atoms with Crippen LogP contribution < -0.4 is 19.6 Å². The molecule has 3 aliphatic rings. The van der Waals surface area contributed by atoms with Crippen LogP contribution in [0.2, 0.25) is 0 Å². The van der Waals surface area contributed by atoms with Crippen molar-refractivity contribution in [2.75, 3.05) is 0 Å². The topological polar surface area (TPSA) is 25.6 Å². The highest BCUT2D eigenvalue weighted by Gasteiger charge is 2.53. The number of rotatable bonds is 8. The summed E-state index contributed by atoms with van der Waals surface area (Å²) >= 11 is 0. The minimum Gasteiger partial charge on any atom is -0.261 e. The van der Waals surface area contributed by atoms with Crippen molar-refractivity contribution in [3.63, 3.8) is 0 Å². The molecule has 0 saturated carbocycles. The summed E-state index contributed by atoms with van der Waals surface area (Å²) in [6.45, 7) is 11.5. The van der Waals surface area contributed by atoms with E-state index in [4.69, 9.17) is 0 Å². The largest absolute Gasteiger partial charge is 0.435 e. The van der Waals surface area contributed by atoms with Crippen molar-refractivity contribution < 1.29 is 26.7 Å². The van der Waals surface area contributed by atoms with Crippen LogP contribution in [0.3, 0.4) is 0 Å². The lowest BCUT2D eigenvalue weighted by molar-refractivity contribution is -0.742. The summed E-state index contributed by atoms with van der Waals surface area (Å²) in [6, 6.07) is 12.6. The number of alkyl halides is 3. The van der Waals surface area contributed by atoms with Crippen molar-refractivity contribution >= 4 is 16.7 Å². The van der Waals surface area contributed by atoms with E-state index >= 15 is 4.39 Å².